The molecule has 0 spiro atoms. The van der Waals surface area contributed by atoms with Crippen LogP contribution in [-0.4, -0.2) is 11.6 Å². The molecule has 1 rings (SSSR count). The van der Waals surface area contributed by atoms with Crippen molar-refractivity contribution < 1.29 is 9.59 Å². The Morgan fingerprint density at radius 3 is 2.75 bits per heavy atom. The average molecular weight is 182 g/mol. The summed E-state index contributed by atoms with van der Waals surface area (Å²) >= 11 is 1.47. The zero-order valence-corrected chi connectivity index (χ0v) is 7.69. The van der Waals surface area contributed by atoms with Gasteiger partial charge in [-0.25, -0.2) is 0 Å². The molecule has 0 bridgehead atoms. The van der Waals surface area contributed by atoms with Gasteiger partial charge in [0.05, 0.1) is 6.42 Å². The molecule has 3 heteroatoms. The molecule has 64 valence electrons. The van der Waals surface area contributed by atoms with E-state index in [9.17, 15) is 9.59 Å². The van der Waals surface area contributed by atoms with Gasteiger partial charge < -0.3 is 0 Å². The van der Waals surface area contributed by atoms with E-state index in [1.54, 1.807) is 18.4 Å². The van der Waals surface area contributed by atoms with Crippen molar-refractivity contribution in [2.75, 3.05) is 0 Å². The highest BCUT2D eigenvalue weighted by Crippen LogP contribution is 2.09. The molecule has 0 fully saturated rings. The maximum absolute atomic E-state index is 11.3. The maximum Gasteiger partial charge on any atom is 0.171 e. The fourth-order valence-electron chi connectivity index (χ4n) is 0.829. The number of carbonyl (C=O) groups is 2. The maximum atomic E-state index is 11.3. The van der Waals surface area contributed by atoms with Crippen LogP contribution in [0.4, 0.5) is 0 Å². The van der Waals surface area contributed by atoms with Crippen molar-refractivity contribution in [1.29, 1.82) is 0 Å². The number of Topliss-reactive ketones (excluding diaryl/α,β-unsaturated/α-hetero) is 2. The molecule has 0 saturated heterocycles. The largest absolute Gasteiger partial charge is 0.299 e. The van der Waals surface area contributed by atoms with E-state index >= 15 is 0 Å². The van der Waals surface area contributed by atoms with Crippen LogP contribution in [-0.2, 0) is 4.79 Å². The molecule has 0 aliphatic carbocycles. The Morgan fingerprint density at radius 2 is 2.25 bits per heavy atom. The summed E-state index contributed by atoms with van der Waals surface area (Å²) in [6.07, 6.45) is 0.489. The molecule has 0 amide bonds. The van der Waals surface area contributed by atoms with Gasteiger partial charge in [-0.15, -0.1) is 0 Å². The molecule has 0 unspecified atom stereocenters. The van der Waals surface area contributed by atoms with Gasteiger partial charge in [0.2, 0.25) is 0 Å². The molecular weight excluding hydrogens is 172 g/mol. The number of thiophene rings is 1. The monoisotopic (exact) mass is 182 g/mol. The summed E-state index contributed by atoms with van der Waals surface area (Å²) < 4.78 is 0. The fourth-order valence-corrected chi connectivity index (χ4v) is 1.49. The smallest absolute Gasteiger partial charge is 0.171 e. The van der Waals surface area contributed by atoms with E-state index < -0.39 is 0 Å². The van der Waals surface area contributed by atoms with Crippen LogP contribution < -0.4 is 0 Å². The number of hydrogen-bond acceptors (Lipinski definition) is 3. The van der Waals surface area contributed by atoms with Gasteiger partial charge in [0, 0.05) is 17.4 Å². The molecule has 2 nitrogen and oxygen atoms in total. The highest BCUT2D eigenvalue weighted by atomic mass is 32.1. The van der Waals surface area contributed by atoms with Crippen LogP contribution in [0, 0.1) is 0 Å². The minimum atomic E-state index is -0.0666. The van der Waals surface area contributed by atoms with Gasteiger partial charge >= 0.3 is 0 Å². The lowest BCUT2D eigenvalue weighted by molar-refractivity contribution is -0.117. The average Bonchev–Trinajstić information content (AvgIpc) is 2.56. The SMILES string of the molecule is CCC(=O)CC(=O)c1ccsc1. The summed E-state index contributed by atoms with van der Waals surface area (Å²) in [6.45, 7) is 1.77. The predicted molar refractivity (Wildman–Crippen MR) is 48.6 cm³/mol. The Balaban J connectivity index is 2.56. The van der Waals surface area contributed by atoms with E-state index in [-0.39, 0.29) is 18.0 Å². The Hall–Kier alpha value is -0.960. The van der Waals surface area contributed by atoms with E-state index in [4.69, 9.17) is 0 Å². The number of carbonyl (C=O) groups excluding carboxylic acids is 2. The van der Waals surface area contributed by atoms with Gasteiger partial charge in [0.15, 0.2) is 5.78 Å². The van der Waals surface area contributed by atoms with Crippen molar-refractivity contribution in [3.8, 4) is 0 Å². The lowest BCUT2D eigenvalue weighted by Crippen LogP contribution is -2.05. The predicted octanol–water partition coefficient (Wildman–Crippen LogP) is 2.30. The summed E-state index contributed by atoms with van der Waals surface area (Å²) in [4.78, 5) is 22.2. The summed E-state index contributed by atoms with van der Waals surface area (Å²) in [7, 11) is 0. The highest BCUT2D eigenvalue weighted by Gasteiger charge is 2.09. The van der Waals surface area contributed by atoms with Crippen molar-refractivity contribution in [3.63, 3.8) is 0 Å². The quantitative estimate of drug-likeness (QED) is 0.529. The van der Waals surface area contributed by atoms with Crippen LogP contribution in [0.1, 0.15) is 30.1 Å². The van der Waals surface area contributed by atoms with Gasteiger partial charge in [-0.1, -0.05) is 6.92 Å². The molecule has 0 aromatic carbocycles. The second kappa shape index (κ2) is 4.16. The lowest BCUT2D eigenvalue weighted by atomic mass is 10.1. The first-order valence-corrected chi connectivity index (χ1v) is 4.75. The molecule has 1 aromatic heterocycles. The minimum Gasteiger partial charge on any atom is -0.299 e. The van der Waals surface area contributed by atoms with Gasteiger partial charge in [-0.05, 0) is 11.4 Å². The molecule has 1 aromatic rings. The van der Waals surface area contributed by atoms with Crippen LogP contribution in [0.25, 0.3) is 0 Å². The van der Waals surface area contributed by atoms with Crippen LogP contribution in [0.15, 0.2) is 16.8 Å². The fraction of sp³-hybridized carbons (Fsp3) is 0.333. The molecule has 12 heavy (non-hydrogen) atoms. The summed E-state index contributed by atoms with van der Waals surface area (Å²) in [5.41, 5.74) is 0.654. The van der Waals surface area contributed by atoms with Crippen LogP contribution in [0.3, 0.4) is 0 Å². The third-order valence-electron chi connectivity index (χ3n) is 1.60. The summed E-state index contributed by atoms with van der Waals surface area (Å²) in [6, 6.07) is 1.75. The topological polar surface area (TPSA) is 34.1 Å². The summed E-state index contributed by atoms with van der Waals surface area (Å²) in [5.74, 6) is -0.0608. The highest BCUT2D eigenvalue weighted by molar-refractivity contribution is 7.08. The normalized spacial score (nSPS) is 9.75. The third-order valence-corrected chi connectivity index (χ3v) is 2.28. The van der Waals surface area contributed by atoms with E-state index in [0.717, 1.165) is 0 Å². The Labute approximate surface area is 75.2 Å². The van der Waals surface area contributed by atoms with Gasteiger partial charge in [0.25, 0.3) is 0 Å². The van der Waals surface area contributed by atoms with Crippen LogP contribution in [0.2, 0.25) is 0 Å². The molecule has 0 aliphatic heterocycles. The molecule has 0 radical (unpaired) electrons. The first kappa shape index (κ1) is 9.13. The van der Waals surface area contributed by atoms with E-state index in [1.165, 1.54) is 11.3 Å². The van der Waals surface area contributed by atoms with E-state index in [0.29, 0.717) is 12.0 Å². The molecule has 0 saturated carbocycles. The molecule has 0 N–H and O–H groups in total. The van der Waals surface area contributed by atoms with Crippen LogP contribution >= 0.6 is 11.3 Å². The van der Waals surface area contributed by atoms with Crippen molar-refractivity contribution in [3.05, 3.63) is 22.4 Å². The summed E-state index contributed by atoms with van der Waals surface area (Å²) in [5, 5.41) is 3.61. The first-order chi connectivity index (χ1) is 5.74. The molecule has 0 atom stereocenters. The lowest BCUT2D eigenvalue weighted by Gasteiger charge is -1.93. The van der Waals surface area contributed by atoms with Gasteiger partial charge in [-0.3, -0.25) is 9.59 Å². The van der Waals surface area contributed by atoms with Gasteiger partial charge in [-0.2, -0.15) is 11.3 Å². The standard InChI is InChI=1S/C9H10O2S/c1-2-8(10)5-9(11)7-3-4-12-6-7/h3-4,6H,2,5H2,1H3. The number of hydrogen-bond donors (Lipinski definition) is 0. The minimum absolute atomic E-state index is 0.00574. The second-order valence-corrected chi connectivity index (χ2v) is 3.28. The number of ketones is 2. The Bertz CT molecular complexity index is 275. The zero-order valence-electron chi connectivity index (χ0n) is 6.87. The first-order valence-electron chi connectivity index (χ1n) is 3.81. The van der Waals surface area contributed by atoms with Crippen molar-refractivity contribution in [1.82, 2.24) is 0 Å². The van der Waals surface area contributed by atoms with E-state index in [1.807, 2.05) is 5.38 Å². The third kappa shape index (κ3) is 2.27. The Kier molecular flexibility index (Phi) is 3.17. The van der Waals surface area contributed by atoms with E-state index in [2.05, 4.69) is 0 Å². The van der Waals surface area contributed by atoms with Crippen molar-refractivity contribution in [2.45, 2.75) is 19.8 Å². The van der Waals surface area contributed by atoms with Gasteiger partial charge in [0.1, 0.15) is 5.78 Å². The van der Waals surface area contributed by atoms with Crippen molar-refractivity contribution in [2.24, 2.45) is 0 Å². The molecular formula is C9H10O2S. The number of rotatable bonds is 4. The second-order valence-electron chi connectivity index (χ2n) is 2.50. The zero-order chi connectivity index (χ0) is 8.97. The van der Waals surface area contributed by atoms with Crippen molar-refractivity contribution >= 4 is 22.9 Å². The van der Waals surface area contributed by atoms with Crippen LogP contribution in [0.5, 0.6) is 0 Å². The molecule has 1 heterocycles. The molecule has 0 aliphatic rings. The Morgan fingerprint density at radius 1 is 1.50 bits per heavy atom.